The van der Waals surface area contributed by atoms with E-state index in [4.69, 9.17) is 26.7 Å². The second-order valence-corrected chi connectivity index (χ2v) is 16.3. The summed E-state index contributed by atoms with van der Waals surface area (Å²) in [4.78, 5) is 76.9. The molecular weight excluding hydrogens is 771 g/mol. The number of unbranched alkanes of at least 4 members (excludes halogenated alkanes) is 2. The molecule has 4 atom stereocenters. The number of nitrogens with one attached hydrogen (secondary N) is 1. The SMILES string of the molecule is CCCCCc1nc(C(=O)C[C@@H](CCN)C(=O)N(C)[C@@H]2C(=O)C[C@@H](C)C(=O)N[C@H](C(=O)CCC#N)Cc3ccc(OCCN)c(c3)-c3cc2ccc3OCCN)c(C)s1. The van der Waals surface area contributed by atoms with Crippen LogP contribution in [-0.2, 0) is 32.0 Å². The molecule has 1 aliphatic heterocycles. The van der Waals surface area contributed by atoms with Gasteiger partial charge in [-0.15, -0.1) is 11.3 Å². The number of amides is 2. The van der Waals surface area contributed by atoms with Crippen molar-refractivity contribution in [2.45, 2.75) is 97.1 Å². The lowest BCUT2D eigenvalue weighted by atomic mass is 9.88. The van der Waals surface area contributed by atoms with Gasteiger partial charge in [-0.1, -0.05) is 38.8 Å². The average Bonchev–Trinajstić information content (AvgIpc) is 3.60. The van der Waals surface area contributed by atoms with Gasteiger partial charge in [-0.05, 0) is 74.5 Å². The van der Waals surface area contributed by atoms with Crippen molar-refractivity contribution >= 4 is 40.5 Å². The molecule has 0 radical (unpaired) electrons. The van der Waals surface area contributed by atoms with E-state index < -0.39 is 41.5 Å². The van der Waals surface area contributed by atoms with Crippen molar-refractivity contribution < 1.29 is 33.4 Å². The van der Waals surface area contributed by atoms with Crippen molar-refractivity contribution in [1.82, 2.24) is 15.2 Å². The monoisotopic (exact) mass is 829 g/mol. The Labute approximate surface area is 351 Å². The predicted octanol–water partition coefficient (Wildman–Crippen LogP) is 4.77. The molecule has 1 aromatic heterocycles. The molecule has 4 bridgehead atoms. The van der Waals surface area contributed by atoms with Crippen LogP contribution in [0.4, 0.5) is 0 Å². The van der Waals surface area contributed by atoms with Crippen LogP contribution in [0.3, 0.4) is 0 Å². The van der Waals surface area contributed by atoms with Crippen LogP contribution in [0.15, 0.2) is 36.4 Å². The van der Waals surface area contributed by atoms with Crippen LogP contribution in [0.25, 0.3) is 11.1 Å². The first-order chi connectivity index (χ1) is 28.4. The summed E-state index contributed by atoms with van der Waals surface area (Å²) in [7, 11) is 1.52. The molecular formula is C44H59N7O7S. The summed E-state index contributed by atoms with van der Waals surface area (Å²) in [5.74, 6) is -2.88. The minimum Gasteiger partial charge on any atom is -0.492 e. The number of ketones is 3. The summed E-state index contributed by atoms with van der Waals surface area (Å²) in [6.07, 6.45) is 3.68. The van der Waals surface area contributed by atoms with E-state index >= 15 is 0 Å². The van der Waals surface area contributed by atoms with Gasteiger partial charge in [-0.3, -0.25) is 24.0 Å². The van der Waals surface area contributed by atoms with E-state index in [1.165, 1.54) is 23.3 Å². The van der Waals surface area contributed by atoms with Crippen LogP contribution in [0.2, 0.25) is 0 Å². The van der Waals surface area contributed by atoms with E-state index in [1.54, 1.807) is 37.3 Å². The van der Waals surface area contributed by atoms with Crippen LogP contribution in [-0.4, -0.2) is 85.0 Å². The van der Waals surface area contributed by atoms with Gasteiger partial charge in [0.2, 0.25) is 11.8 Å². The minimum absolute atomic E-state index is 0.0206. The van der Waals surface area contributed by atoms with E-state index in [0.717, 1.165) is 35.6 Å². The number of carbonyl (C=O) groups is 5. The maximum absolute atomic E-state index is 14.6. The molecule has 0 aliphatic carbocycles. The third kappa shape index (κ3) is 12.5. The van der Waals surface area contributed by atoms with E-state index in [2.05, 4.69) is 17.2 Å². The molecule has 1 aliphatic rings. The Hall–Kier alpha value is -5.01. The summed E-state index contributed by atoms with van der Waals surface area (Å²) < 4.78 is 12.2. The first-order valence-electron chi connectivity index (χ1n) is 20.5. The van der Waals surface area contributed by atoms with Gasteiger partial charge in [0.1, 0.15) is 36.4 Å². The molecule has 3 aromatic rings. The lowest BCUT2D eigenvalue weighted by molar-refractivity contribution is -0.142. The lowest BCUT2D eigenvalue weighted by Gasteiger charge is -2.32. The average molecular weight is 830 g/mol. The van der Waals surface area contributed by atoms with Crippen LogP contribution in [0, 0.1) is 30.1 Å². The van der Waals surface area contributed by atoms with Gasteiger partial charge in [-0.2, -0.15) is 5.26 Å². The number of nitrogens with zero attached hydrogens (tertiary/aromatic N) is 3. The van der Waals surface area contributed by atoms with Crippen molar-refractivity contribution in [3.63, 3.8) is 0 Å². The fourth-order valence-electron chi connectivity index (χ4n) is 7.31. The molecule has 0 fully saturated rings. The summed E-state index contributed by atoms with van der Waals surface area (Å²) in [6, 6.07) is 10.4. The zero-order valence-electron chi connectivity index (χ0n) is 34.7. The predicted molar refractivity (Wildman–Crippen MR) is 227 cm³/mol. The highest BCUT2D eigenvalue weighted by Crippen LogP contribution is 2.41. The molecule has 59 heavy (non-hydrogen) atoms. The van der Waals surface area contributed by atoms with Crippen LogP contribution >= 0.6 is 11.3 Å². The van der Waals surface area contributed by atoms with Gasteiger partial charge in [-0.25, -0.2) is 4.98 Å². The maximum atomic E-state index is 14.6. The fraction of sp³-hybridized carbons (Fsp3) is 0.523. The molecule has 14 nitrogen and oxygen atoms in total. The Morgan fingerprint density at radius 3 is 2.32 bits per heavy atom. The molecule has 2 amide bonds. The fourth-order valence-corrected chi connectivity index (χ4v) is 8.30. The standard InChI is InChI=1S/C44H59N7O7S/c1-5-6-7-10-40-50-41(28(3)59-40)36(53)26-31(15-17-46)44(56)51(4)42-30-12-14-39(58-21-19-48)33(25-30)32-23-29(11-13-38(32)57-20-18-47)24-34(35(52)9-8-16-45)49-43(55)27(2)22-37(42)54/h11-14,23,25,27,31,34,42H,5-10,15,17-22,24,26,46-48H2,1-4H3,(H,49,55)/t27-,31-,34+,42+/m1/s1. The molecule has 15 heteroatoms. The number of thiazole rings is 1. The number of nitriles is 1. The molecule has 2 aromatic carbocycles. The van der Waals surface area contributed by atoms with Gasteiger partial charge in [0.15, 0.2) is 17.3 Å². The summed E-state index contributed by atoms with van der Waals surface area (Å²) in [5.41, 5.74) is 20.3. The van der Waals surface area contributed by atoms with Gasteiger partial charge < -0.3 is 36.9 Å². The number of likely N-dealkylation sites (N-methyl/N-ethyl adjacent to an activating group) is 1. The number of aromatic nitrogens is 1. The number of benzene rings is 2. The Morgan fingerprint density at radius 2 is 1.68 bits per heavy atom. The number of Topliss-reactive ketones (excluding diaryl/α,β-unsaturated/α-hetero) is 3. The highest BCUT2D eigenvalue weighted by Gasteiger charge is 2.36. The smallest absolute Gasteiger partial charge is 0.226 e. The van der Waals surface area contributed by atoms with Crippen LogP contribution in [0.1, 0.15) is 103 Å². The molecule has 318 valence electrons. The number of ether oxygens (including phenoxy) is 2. The van der Waals surface area contributed by atoms with Gasteiger partial charge in [0, 0.05) is 73.7 Å². The highest BCUT2D eigenvalue weighted by molar-refractivity contribution is 7.11. The van der Waals surface area contributed by atoms with Crippen molar-refractivity contribution in [3.05, 3.63) is 63.1 Å². The first kappa shape index (κ1) is 46.7. The molecule has 0 saturated heterocycles. The number of fused-ring (bicyclic) bond motifs is 5. The minimum atomic E-state index is -1.20. The molecule has 2 heterocycles. The topological polar surface area (TPSA) is 234 Å². The lowest BCUT2D eigenvalue weighted by Crippen LogP contribution is -2.46. The number of carbonyl (C=O) groups excluding carboxylic acids is 5. The van der Waals surface area contributed by atoms with Crippen molar-refractivity contribution in [3.8, 4) is 28.7 Å². The summed E-state index contributed by atoms with van der Waals surface area (Å²) >= 11 is 1.49. The third-order valence-corrected chi connectivity index (χ3v) is 11.5. The van der Waals surface area contributed by atoms with E-state index in [-0.39, 0.29) is 82.9 Å². The van der Waals surface area contributed by atoms with Crippen LogP contribution < -0.4 is 32.0 Å². The second kappa shape index (κ2) is 23.0. The maximum Gasteiger partial charge on any atom is 0.226 e. The number of hydrogen-bond acceptors (Lipinski definition) is 13. The Bertz CT molecular complexity index is 1990. The number of hydrogen-bond donors (Lipinski definition) is 4. The zero-order chi connectivity index (χ0) is 43.1. The van der Waals surface area contributed by atoms with E-state index in [1.807, 2.05) is 19.1 Å². The number of rotatable bonds is 20. The number of aryl methyl sites for hydroxylation is 2. The van der Waals surface area contributed by atoms with Crippen LogP contribution in [0.5, 0.6) is 11.5 Å². The quantitative estimate of drug-likeness (QED) is 0.0891. The van der Waals surface area contributed by atoms with E-state index in [9.17, 15) is 29.2 Å². The van der Waals surface area contributed by atoms with Crippen molar-refractivity contribution in [1.29, 1.82) is 5.26 Å². The Kier molecular flexibility index (Phi) is 18.2. The van der Waals surface area contributed by atoms with Gasteiger partial charge in [0.25, 0.3) is 0 Å². The number of nitrogens with two attached hydrogens (primary N) is 3. The molecule has 0 saturated carbocycles. The first-order valence-corrected chi connectivity index (χ1v) is 21.3. The van der Waals surface area contributed by atoms with Gasteiger partial charge >= 0.3 is 0 Å². The third-order valence-electron chi connectivity index (χ3n) is 10.4. The van der Waals surface area contributed by atoms with Crippen molar-refractivity contribution in [2.75, 3.05) is 39.9 Å². The van der Waals surface area contributed by atoms with Gasteiger partial charge in [0.05, 0.1) is 17.1 Å². The summed E-state index contributed by atoms with van der Waals surface area (Å²) in [5, 5.41) is 12.9. The highest BCUT2D eigenvalue weighted by atomic mass is 32.1. The molecule has 4 rings (SSSR count). The van der Waals surface area contributed by atoms with E-state index in [0.29, 0.717) is 39.4 Å². The molecule has 0 unspecified atom stereocenters. The zero-order valence-corrected chi connectivity index (χ0v) is 35.5. The Balaban J connectivity index is 1.84. The molecule has 7 N–H and O–H groups in total. The largest absolute Gasteiger partial charge is 0.492 e. The van der Waals surface area contributed by atoms with Crippen molar-refractivity contribution in [2.24, 2.45) is 29.0 Å². The molecule has 0 spiro atoms. The Morgan fingerprint density at radius 1 is 1.00 bits per heavy atom. The second-order valence-electron chi connectivity index (χ2n) is 15.0. The normalized spacial score (nSPS) is 17.3. The summed E-state index contributed by atoms with van der Waals surface area (Å²) in [6.45, 7) is 6.52.